The molecule has 0 fully saturated rings. The molecule has 0 spiro atoms. The van der Waals surface area contributed by atoms with Crippen molar-refractivity contribution in [3.05, 3.63) is 65.5 Å². The van der Waals surface area contributed by atoms with Crippen molar-refractivity contribution in [3.8, 4) is 11.3 Å². The minimum Gasteiger partial charge on any atom is -0.382 e. The lowest BCUT2D eigenvalue weighted by molar-refractivity contribution is 0.625. The lowest BCUT2D eigenvalue weighted by atomic mass is 10.0. The molecule has 0 saturated carbocycles. The molecule has 28 heavy (non-hydrogen) atoms. The minimum atomic E-state index is -0.371. The number of fused-ring (bicyclic) bond motifs is 1. The van der Waals surface area contributed by atoms with E-state index in [2.05, 4.69) is 25.4 Å². The molecule has 0 radical (unpaired) electrons. The van der Waals surface area contributed by atoms with Crippen LogP contribution in [0.15, 0.2) is 49.1 Å². The van der Waals surface area contributed by atoms with E-state index in [1.807, 2.05) is 6.92 Å². The maximum Gasteiger partial charge on any atom is 0.166 e. The van der Waals surface area contributed by atoms with Crippen LogP contribution < -0.4 is 11.1 Å². The van der Waals surface area contributed by atoms with Crippen molar-refractivity contribution in [2.24, 2.45) is 0 Å². The van der Waals surface area contributed by atoms with E-state index in [1.54, 1.807) is 35.1 Å². The summed E-state index contributed by atoms with van der Waals surface area (Å²) in [5.74, 6) is 0.549. The second-order valence-electron chi connectivity index (χ2n) is 6.21. The normalized spacial score (nSPS) is 12.2. The molecular formula is C19H23ClFN7. The van der Waals surface area contributed by atoms with Crippen molar-refractivity contribution in [1.29, 1.82) is 0 Å². The molecule has 0 amide bonds. The monoisotopic (exact) mass is 403 g/mol. The van der Waals surface area contributed by atoms with E-state index in [-0.39, 0.29) is 16.1 Å². The van der Waals surface area contributed by atoms with E-state index in [1.165, 1.54) is 18.5 Å². The van der Waals surface area contributed by atoms with Gasteiger partial charge in [0.15, 0.2) is 11.5 Å². The number of hydrogen-bond donors (Lipinski definition) is 2. The summed E-state index contributed by atoms with van der Waals surface area (Å²) in [6, 6.07) is 7.78. The molecule has 1 atom stereocenters. The summed E-state index contributed by atoms with van der Waals surface area (Å²) in [6.45, 7) is 2.01. The van der Waals surface area contributed by atoms with Crippen LogP contribution in [-0.2, 0) is 0 Å². The second kappa shape index (κ2) is 7.40. The molecule has 3 heterocycles. The predicted octanol–water partition coefficient (Wildman–Crippen LogP) is 4.86. The van der Waals surface area contributed by atoms with Gasteiger partial charge in [0.05, 0.1) is 17.3 Å². The zero-order chi connectivity index (χ0) is 19.7. The Morgan fingerprint density at radius 2 is 2.14 bits per heavy atom. The zero-order valence-electron chi connectivity index (χ0n) is 15.0. The largest absolute Gasteiger partial charge is 0.382 e. The summed E-state index contributed by atoms with van der Waals surface area (Å²) in [5, 5.41) is 7.96. The Hall–Kier alpha value is -3.26. The first-order chi connectivity index (χ1) is 13.6. The standard InChI is InChI=1S/C19H17ClFN7.3H2/c1-2-14(12-5-4-11(21)8-13(12)20)26-16-9-15(24-10-25-16)17-18(22)27-28-7-3-6-23-19(17)28;;;/h3-10,14H,2H2,1H3,(H2,22,27)(H,24,25,26);3*1H/t14-;;;/m0.../s1. The molecule has 0 aliphatic heterocycles. The fourth-order valence-corrected chi connectivity index (χ4v) is 3.38. The molecule has 0 saturated heterocycles. The van der Waals surface area contributed by atoms with Gasteiger partial charge in [0.2, 0.25) is 0 Å². The maximum absolute atomic E-state index is 13.4. The number of hydrogen-bond acceptors (Lipinski definition) is 6. The van der Waals surface area contributed by atoms with Gasteiger partial charge in [0, 0.05) is 27.8 Å². The first kappa shape index (κ1) is 18.1. The number of nitrogens with zero attached hydrogens (tertiary/aromatic N) is 5. The number of nitrogens with one attached hydrogen (secondary N) is 1. The summed E-state index contributed by atoms with van der Waals surface area (Å²) in [5.41, 5.74) is 8.72. The third kappa shape index (κ3) is 3.34. The lowest BCUT2D eigenvalue weighted by Crippen LogP contribution is -2.11. The number of anilines is 2. The fourth-order valence-electron chi connectivity index (χ4n) is 3.08. The number of nitrogens with two attached hydrogens (primary N) is 1. The third-order valence-electron chi connectivity index (χ3n) is 4.41. The van der Waals surface area contributed by atoms with Gasteiger partial charge in [-0.1, -0.05) is 24.6 Å². The summed E-state index contributed by atoms with van der Waals surface area (Å²) >= 11 is 6.22. The number of nitrogen functional groups attached to an aromatic ring is 1. The van der Waals surface area contributed by atoms with Gasteiger partial charge in [-0.3, -0.25) is 0 Å². The van der Waals surface area contributed by atoms with Crippen LogP contribution in [0.5, 0.6) is 0 Å². The molecule has 148 valence electrons. The topological polar surface area (TPSA) is 94.0 Å². The molecule has 0 bridgehead atoms. The van der Waals surface area contributed by atoms with Crippen LogP contribution in [0.1, 0.15) is 29.2 Å². The maximum atomic E-state index is 13.4. The SMILES string of the molecule is CC[C@H](Nc1cc(-c2c(N)nn3cccnc23)ncn1)c1ccc(F)cc1Cl.[HH].[HH].[HH]. The van der Waals surface area contributed by atoms with Crippen molar-refractivity contribution >= 4 is 28.9 Å². The number of rotatable bonds is 5. The Labute approximate surface area is 169 Å². The van der Waals surface area contributed by atoms with Crippen LogP contribution in [0.4, 0.5) is 16.0 Å². The average molecular weight is 404 g/mol. The number of benzene rings is 1. The van der Waals surface area contributed by atoms with Crippen LogP contribution in [0.2, 0.25) is 5.02 Å². The molecule has 0 unspecified atom stereocenters. The highest BCUT2D eigenvalue weighted by Crippen LogP contribution is 2.31. The summed E-state index contributed by atoms with van der Waals surface area (Å²) in [7, 11) is 0. The van der Waals surface area contributed by atoms with Gasteiger partial charge in [0.1, 0.15) is 18.0 Å². The Morgan fingerprint density at radius 1 is 1.29 bits per heavy atom. The van der Waals surface area contributed by atoms with Crippen LogP contribution in [0.25, 0.3) is 16.9 Å². The van der Waals surface area contributed by atoms with Crippen molar-refractivity contribution in [1.82, 2.24) is 24.6 Å². The van der Waals surface area contributed by atoms with Crippen LogP contribution in [0, 0.1) is 5.82 Å². The van der Waals surface area contributed by atoms with Gasteiger partial charge in [-0.05, 0) is 30.2 Å². The Morgan fingerprint density at radius 3 is 2.93 bits per heavy atom. The molecule has 9 heteroatoms. The molecule has 1 aromatic carbocycles. The number of halogens is 2. The van der Waals surface area contributed by atoms with Crippen molar-refractivity contribution < 1.29 is 8.67 Å². The van der Waals surface area contributed by atoms with Crippen molar-refractivity contribution in [2.45, 2.75) is 19.4 Å². The highest BCUT2D eigenvalue weighted by molar-refractivity contribution is 6.31. The Kier molecular flexibility index (Phi) is 4.79. The zero-order valence-corrected chi connectivity index (χ0v) is 15.7. The van der Waals surface area contributed by atoms with Crippen LogP contribution >= 0.6 is 11.6 Å². The molecule has 3 aromatic heterocycles. The highest BCUT2D eigenvalue weighted by atomic mass is 35.5. The van der Waals surface area contributed by atoms with E-state index in [9.17, 15) is 4.39 Å². The molecule has 4 aromatic rings. The van der Waals surface area contributed by atoms with E-state index in [0.717, 1.165) is 12.0 Å². The van der Waals surface area contributed by atoms with Crippen molar-refractivity contribution in [2.75, 3.05) is 11.1 Å². The highest BCUT2D eigenvalue weighted by Gasteiger charge is 2.18. The molecule has 0 aliphatic rings. The van der Waals surface area contributed by atoms with Crippen LogP contribution in [0.3, 0.4) is 0 Å². The average Bonchev–Trinajstić information content (AvgIpc) is 3.02. The van der Waals surface area contributed by atoms with Crippen LogP contribution in [-0.4, -0.2) is 24.6 Å². The van der Waals surface area contributed by atoms with Gasteiger partial charge in [0.25, 0.3) is 0 Å². The van der Waals surface area contributed by atoms with E-state index < -0.39 is 0 Å². The third-order valence-corrected chi connectivity index (χ3v) is 4.74. The summed E-state index contributed by atoms with van der Waals surface area (Å²) in [6.07, 6.45) is 5.61. The quantitative estimate of drug-likeness (QED) is 0.494. The lowest BCUT2D eigenvalue weighted by Gasteiger charge is -2.19. The molecule has 4 rings (SSSR count). The summed E-state index contributed by atoms with van der Waals surface area (Å²) < 4.78 is 15.0. The Bertz CT molecular complexity index is 1160. The van der Waals surface area contributed by atoms with E-state index >= 15 is 0 Å². The van der Waals surface area contributed by atoms with Gasteiger partial charge >= 0.3 is 0 Å². The first-order valence-electron chi connectivity index (χ1n) is 8.69. The molecule has 0 aliphatic carbocycles. The van der Waals surface area contributed by atoms with Gasteiger partial charge < -0.3 is 11.1 Å². The summed E-state index contributed by atoms with van der Waals surface area (Å²) in [4.78, 5) is 13.0. The Balaban J connectivity index is 0.00000160. The molecule has 7 nitrogen and oxygen atoms in total. The van der Waals surface area contributed by atoms with E-state index in [4.69, 9.17) is 17.3 Å². The second-order valence-corrected chi connectivity index (χ2v) is 6.61. The van der Waals surface area contributed by atoms with E-state index in [0.29, 0.717) is 33.6 Å². The number of aromatic nitrogens is 5. The molecule has 3 N–H and O–H groups in total. The van der Waals surface area contributed by atoms with Crippen molar-refractivity contribution in [3.63, 3.8) is 0 Å². The van der Waals surface area contributed by atoms with Gasteiger partial charge in [-0.2, -0.15) is 0 Å². The fraction of sp³-hybridized carbons (Fsp3) is 0.158. The smallest absolute Gasteiger partial charge is 0.166 e. The minimum absolute atomic E-state index is 0. The predicted molar refractivity (Wildman–Crippen MR) is 113 cm³/mol. The molecular weight excluding hydrogens is 381 g/mol. The van der Waals surface area contributed by atoms with Gasteiger partial charge in [-0.15, -0.1) is 5.10 Å². The van der Waals surface area contributed by atoms with Gasteiger partial charge in [-0.25, -0.2) is 23.9 Å². The first-order valence-corrected chi connectivity index (χ1v) is 9.07.